The summed E-state index contributed by atoms with van der Waals surface area (Å²) in [5, 5.41) is 0. The Morgan fingerprint density at radius 2 is 2.33 bits per heavy atom. The summed E-state index contributed by atoms with van der Waals surface area (Å²) >= 11 is 0. The molecule has 15 heavy (non-hydrogen) atoms. The van der Waals surface area contributed by atoms with Crippen LogP contribution in [-0.2, 0) is 4.74 Å². The predicted octanol–water partition coefficient (Wildman–Crippen LogP) is 0.327. The Balaban J connectivity index is 2.60. The van der Waals surface area contributed by atoms with E-state index in [4.69, 9.17) is 10.6 Å². The average molecular weight is 214 g/mol. The molecule has 0 spiro atoms. The standard InChI is InChI=1S/C10H22N4O/c1-4-5-12-9(13-11)14-6-7-15-10(2,3)8-14/h4-8,11H2,1-3H3,(H,12,13). The van der Waals surface area contributed by atoms with Crippen LogP contribution in [-0.4, -0.2) is 42.7 Å². The first kappa shape index (κ1) is 12.3. The monoisotopic (exact) mass is 214 g/mol. The minimum atomic E-state index is -0.123. The fourth-order valence-corrected chi connectivity index (χ4v) is 1.65. The molecule has 0 aromatic carbocycles. The Hall–Kier alpha value is -0.810. The molecule has 0 aromatic rings. The Kier molecular flexibility index (Phi) is 4.35. The first-order valence-corrected chi connectivity index (χ1v) is 5.49. The van der Waals surface area contributed by atoms with E-state index in [2.05, 4.69) is 36.1 Å². The molecule has 1 rings (SSSR count). The highest BCUT2D eigenvalue weighted by Gasteiger charge is 2.28. The first-order chi connectivity index (χ1) is 7.09. The van der Waals surface area contributed by atoms with Gasteiger partial charge in [-0.2, -0.15) is 0 Å². The van der Waals surface area contributed by atoms with E-state index in [1.165, 1.54) is 0 Å². The second-order valence-electron chi connectivity index (χ2n) is 4.38. The van der Waals surface area contributed by atoms with Crippen molar-refractivity contribution in [3.05, 3.63) is 0 Å². The zero-order valence-corrected chi connectivity index (χ0v) is 9.92. The van der Waals surface area contributed by atoms with Crippen LogP contribution >= 0.6 is 0 Å². The maximum absolute atomic E-state index is 5.63. The van der Waals surface area contributed by atoms with Gasteiger partial charge in [0, 0.05) is 19.6 Å². The van der Waals surface area contributed by atoms with Crippen molar-refractivity contribution in [2.75, 3.05) is 26.2 Å². The molecule has 0 amide bonds. The van der Waals surface area contributed by atoms with Crippen LogP contribution in [0.1, 0.15) is 27.2 Å². The summed E-state index contributed by atoms with van der Waals surface area (Å²) in [4.78, 5) is 6.54. The van der Waals surface area contributed by atoms with E-state index in [9.17, 15) is 0 Å². The van der Waals surface area contributed by atoms with Gasteiger partial charge in [0.1, 0.15) is 0 Å². The van der Waals surface area contributed by atoms with Crippen LogP contribution in [0.5, 0.6) is 0 Å². The molecule has 1 saturated heterocycles. The molecule has 1 heterocycles. The van der Waals surface area contributed by atoms with Crippen LogP contribution in [0.15, 0.2) is 4.99 Å². The molecule has 0 bridgehead atoms. The summed E-state index contributed by atoms with van der Waals surface area (Å²) < 4.78 is 5.63. The Bertz CT molecular complexity index is 227. The highest BCUT2D eigenvalue weighted by molar-refractivity contribution is 5.79. The summed E-state index contributed by atoms with van der Waals surface area (Å²) in [5.74, 6) is 6.24. The number of hydrogen-bond donors (Lipinski definition) is 2. The molecular formula is C10H22N4O. The number of guanidine groups is 1. The molecule has 1 fully saturated rings. The van der Waals surface area contributed by atoms with E-state index >= 15 is 0 Å². The van der Waals surface area contributed by atoms with Gasteiger partial charge in [0.05, 0.1) is 12.2 Å². The summed E-state index contributed by atoms with van der Waals surface area (Å²) in [7, 11) is 0. The van der Waals surface area contributed by atoms with Gasteiger partial charge in [-0.25, -0.2) is 5.84 Å². The van der Waals surface area contributed by atoms with Crippen molar-refractivity contribution in [1.82, 2.24) is 10.3 Å². The first-order valence-electron chi connectivity index (χ1n) is 5.49. The number of nitrogens with two attached hydrogens (primary N) is 1. The van der Waals surface area contributed by atoms with E-state index in [0.717, 1.165) is 38.6 Å². The second-order valence-corrected chi connectivity index (χ2v) is 4.38. The minimum Gasteiger partial charge on any atom is -0.372 e. The van der Waals surface area contributed by atoms with Gasteiger partial charge in [0.25, 0.3) is 0 Å². The average Bonchev–Trinajstić information content (AvgIpc) is 2.17. The van der Waals surface area contributed by atoms with Crippen molar-refractivity contribution < 1.29 is 4.74 Å². The van der Waals surface area contributed by atoms with E-state index in [0.29, 0.717) is 0 Å². The fourth-order valence-electron chi connectivity index (χ4n) is 1.65. The number of hydrazine groups is 1. The lowest BCUT2D eigenvalue weighted by Gasteiger charge is -2.39. The van der Waals surface area contributed by atoms with Gasteiger partial charge in [-0.05, 0) is 20.3 Å². The highest BCUT2D eigenvalue weighted by Crippen LogP contribution is 2.16. The van der Waals surface area contributed by atoms with E-state index in [1.807, 2.05) is 0 Å². The summed E-state index contributed by atoms with van der Waals surface area (Å²) in [6, 6.07) is 0. The molecule has 0 saturated carbocycles. The number of hydrogen-bond acceptors (Lipinski definition) is 3. The fraction of sp³-hybridized carbons (Fsp3) is 0.900. The SMILES string of the molecule is CCCN=C(NN)N1CCOC(C)(C)C1. The van der Waals surface area contributed by atoms with Crippen molar-refractivity contribution in [3.63, 3.8) is 0 Å². The molecule has 0 atom stereocenters. The van der Waals surface area contributed by atoms with Gasteiger partial charge < -0.3 is 9.64 Å². The third-order valence-electron chi connectivity index (χ3n) is 2.34. The quantitative estimate of drug-likeness (QED) is 0.301. The van der Waals surface area contributed by atoms with E-state index < -0.39 is 0 Å². The van der Waals surface area contributed by atoms with Crippen molar-refractivity contribution >= 4 is 5.96 Å². The lowest BCUT2D eigenvalue weighted by Crippen LogP contribution is -2.55. The lowest BCUT2D eigenvalue weighted by molar-refractivity contribution is -0.0685. The van der Waals surface area contributed by atoms with Gasteiger partial charge in [0.2, 0.25) is 5.96 Å². The van der Waals surface area contributed by atoms with Crippen molar-refractivity contribution in [2.24, 2.45) is 10.8 Å². The summed E-state index contributed by atoms with van der Waals surface area (Å²) in [6.07, 6.45) is 1.03. The zero-order chi connectivity index (χ0) is 11.3. The van der Waals surface area contributed by atoms with Gasteiger partial charge in [-0.15, -0.1) is 0 Å². The maximum atomic E-state index is 5.63. The number of rotatable bonds is 2. The molecule has 1 aliphatic heterocycles. The van der Waals surface area contributed by atoms with Gasteiger partial charge in [-0.1, -0.05) is 6.92 Å². The van der Waals surface area contributed by atoms with Gasteiger partial charge in [-0.3, -0.25) is 10.4 Å². The second kappa shape index (κ2) is 5.32. The zero-order valence-electron chi connectivity index (χ0n) is 9.92. The predicted molar refractivity (Wildman–Crippen MR) is 61.5 cm³/mol. The van der Waals surface area contributed by atoms with E-state index in [1.54, 1.807) is 0 Å². The molecule has 0 unspecified atom stereocenters. The number of ether oxygens (including phenoxy) is 1. The third-order valence-corrected chi connectivity index (χ3v) is 2.34. The van der Waals surface area contributed by atoms with Crippen molar-refractivity contribution in [1.29, 1.82) is 0 Å². The van der Waals surface area contributed by atoms with Gasteiger partial charge >= 0.3 is 0 Å². The molecule has 0 aromatic heterocycles. The van der Waals surface area contributed by atoms with E-state index in [-0.39, 0.29) is 5.60 Å². The highest BCUT2D eigenvalue weighted by atomic mass is 16.5. The number of morpholine rings is 1. The third kappa shape index (κ3) is 3.68. The largest absolute Gasteiger partial charge is 0.372 e. The topological polar surface area (TPSA) is 62.9 Å². The molecular weight excluding hydrogens is 192 g/mol. The van der Waals surface area contributed by atoms with Crippen LogP contribution < -0.4 is 11.3 Å². The molecule has 3 N–H and O–H groups in total. The number of nitrogens with one attached hydrogen (secondary N) is 1. The Labute approximate surface area is 91.6 Å². The molecule has 1 aliphatic rings. The van der Waals surface area contributed by atoms with Gasteiger partial charge in [0.15, 0.2) is 0 Å². The molecule has 5 nitrogen and oxygen atoms in total. The normalized spacial score (nSPS) is 21.6. The Morgan fingerprint density at radius 1 is 1.60 bits per heavy atom. The molecule has 0 radical (unpaired) electrons. The van der Waals surface area contributed by atoms with Crippen LogP contribution in [0.25, 0.3) is 0 Å². The number of aliphatic imine (C=N–C) groups is 1. The number of nitrogens with zero attached hydrogens (tertiary/aromatic N) is 2. The van der Waals surface area contributed by atoms with Crippen LogP contribution in [0.2, 0.25) is 0 Å². The molecule has 88 valence electrons. The van der Waals surface area contributed by atoms with Crippen LogP contribution in [0, 0.1) is 0 Å². The summed E-state index contributed by atoms with van der Waals surface area (Å²) in [5.41, 5.74) is 2.54. The summed E-state index contributed by atoms with van der Waals surface area (Å²) in [6.45, 7) is 9.44. The smallest absolute Gasteiger partial charge is 0.208 e. The molecule has 0 aliphatic carbocycles. The van der Waals surface area contributed by atoms with Crippen LogP contribution in [0.4, 0.5) is 0 Å². The maximum Gasteiger partial charge on any atom is 0.208 e. The Morgan fingerprint density at radius 3 is 2.87 bits per heavy atom. The lowest BCUT2D eigenvalue weighted by atomic mass is 10.1. The van der Waals surface area contributed by atoms with Crippen molar-refractivity contribution in [3.8, 4) is 0 Å². The molecule has 5 heteroatoms. The minimum absolute atomic E-state index is 0.123. The van der Waals surface area contributed by atoms with Crippen molar-refractivity contribution in [2.45, 2.75) is 32.8 Å². The van der Waals surface area contributed by atoms with Crippen LogP contribution in [0.3, 0.4) is 0 Å².